The zero-order valence-electron chi connectivity index (χ0n) is 12.1. The fourth-order valence-corrected chi connectivity index (χ4v) is 5.15. The van der Waals surface area contributed by atoms with E-state index in [1.807, 2.05) is 0 Å². The van der Waals surface area contributed by atoms with E-state index < -0.39 is 0 Å². The summed E-state index contributed by atoms with van der Waals surface area (Å²) >= 11 is 0. The minimum atomic E-state index is -0.0245. The fourth-order valence-electron chi connectivity index (χ4n) is 5.15. The lowest BCUT2D eigenvalue weighted by molar-refractivity contribution is -0.144. The zero-order valence-corrected chi connectivity index (χ0v) is 12.1. The van der Waals surface area contributed by atoms with Gasteiger partial charge in [-0.3, -0.25) is 14.5 Å². The van der Waals surface area contributed by atoms with Crippen molar-refractivity contribution in [3.63, 3.8) is 0 Å². The molecular weight excluding hydrogens is 250 g/mol. The molecule has 0 spiro atoms. The number of hydrogen-bond donors (Lipinski definition) is 0. The maximum Gasteiger partial charge on any atom is 0.233 e. The molecule has 5 atom stereocenters. The summed E-state index contributed by atoms with van der Waals surface area (Å²) in [6.45, 7) is 2.10. The van der Waals surface area contributed by atoms with Gasteiger partial charge in [0.15, 0.2) is 0 Å². The Labute approximate surface area is 120 Å². The van der Waals surface area contributed by atoms with Crippen LogP contribution in [0.1, 0.15) is 45.4 Å². The second-order valence-electron chi connectivity index (χ2n) is 7.19. The molecule has 0 unspecified atom stereocenters. The van der Waals surface area contributed by atoms with Crippen molar-refractivity contribution in [1.29, 1.82) is 0 Å². The smallest absolute Gasteiger partial charge is 0.233 e. The minimum absolute atomic E-state index is 0.0245. The quantitative estimate of drug-likeness (QED) is 0.573. The molecule has 0 aromatic carbocycles. The van der Waals surface area contributed by atoms with Crippen LogP contribution in [-0.2, 0) is 9.59 Å². The second kappa shape index (κ2) is 4.44. The third-order valence-electron chi connectivity index (χ3n) is 6.24. The highest BCUT2D eigenvalue weighted by Crippen LogP contribution is 2.53. The number of nitrogens with zero attached hydrogens (tertiary/aromatic N) is 1. The normalized spacial score (nSPS) is 41.5. The van der Waals surface area contributed by atoms with Crippen LogP contribution in [-0.4, -0.2) is 22.8 Å². The predicted molar refractivity (Wildman–Crippen MR) is 75.6 cm³/mol. The minimum Gasteiger partial charge on any atom is -0.279 e. The first-order valence-electron chi connectivity index (χ1n) is 8.23. The summed E-state index contributed by atoms with van der Waals surface area (Å²) in [7, 11) is 0. The first kappa shape index (κ1) is 12.6. The summed E-state index contributed by atoms with van der Waals surface area (Å²) in [5.74, 6) is 1.42. The van der Waals surface area contributed by atoms with Gasteiger partial charge in [-0.2, -0.15) is 0 Å². The van der Waals surface area contributed by atoms with Crippen LogP contribution >= 0.6 is 0 Å². The van der Waals surface area contributed by atoms with E-state index in [0.29, 0.717) is 17.8 Å². The average molecular weight is 273 g/mol. The van der Waals surface area contributed by atoms with Crippen LogP contribution in [0.2, 0.25) is 0 Å². The van der Waals surface area contributed by atoms with Crippen LogP contribution in [0.3, 0.4) is 0 Å². The van der Waals surface area contributed by atoms with E-state index in [9.17, 15) is 9.59 Å². The van der Waals surface area contributed by atoms with Gasteiger partial charge >= 0.3 is 0 Å². The summed E-state index contributed by atoms with van der Waals surface area (Å²) in [6.07, 6.45) is 11.5. The van der Waals surface area contributed by atoms with Crippen LogP contribution in [0, 0.1) is 29.6 Å². The molecule has 1 saturated heterocycles. The molecule has 1 aliphatic heterocycles. The Bertz CT molecular complexity index is 447. The lowest BCUT2D eigenvalue weighted by Crippen LogP contribution is -2.44. The topological polar surface area (TPSA) is 37.4 Å². The summed E-state index contributed by atoms with van der Waals surface area (Å²) in [6, 6.07) is 0.111. The van der Waals surface area contributed by atoms with Gasteiger partial charge < -0.3 is 0 Å². The first-order valence-corrected chi connectivity index (χ1v) is 8.23. The SMILES string of the molecule is C[C@@H](C1CCCCC1)N1C(=O)[C@@H]2[C@H](C1=O)[C@@H]1C=C[C@H]2C1. The Morgan fingerprint density at radius 2 is 1.55 bits per heavy atom. The van der Waals surface area contributed by atoms with E-state index in [0.717, 1.165) is 6.42 Å². The first-order chi connectivity index (χ1) is 9.68. The number of rotatable bonds is 2. The molecule has 3 nitrogen and oxygen atoms in total. The molecule has 0 aromatic heterocycles. The third-order valence-corrected chi connectivity index (χ3v) is 6.24. The van der Waals surface area contributed by atoms with Crippen LogP contribution in [0.5, 0.6) is 0 Å². The molecule has 0 aromatic rings. The van der Waals surface area contributed by atoms with Gasteiger partial charge in [-0.15, -0.1) is 0 Å². The second-order valence-corrected chi connectivity index (χ2v) is 7.19. The number of imide groups is 1. The van der Waals surface area contributed by atoms with Gasteiger partial charge in [0.25, 0.3) is 0 Å². The molecule has 20 heavy (non-hydrogen) atoms. The van der Waals surface area contributed by atoms with E-state index in [1.165, 1.54) is 32.1 Å². The molecule has 4 rings (SSSR count). The Balaban J connectivity index is 1.58. The van der Waals surface area contributed by atoms with Crippen LogP contribution in [0.15, 0.2) is 12.2 Å². The molecule has 3 fully saturated rings. The summed E-state index contributed by atoms with van der Waals surface area (Å²) in [5.41, 5.74) is 0. The van der Waals surface area contributed by atoms with E-state index >= 15 is 0 Å². The fraction of sp³-hybridized carbons (Fsp3) is 0.765. The standard InChI is InChI=1S/C17H23NO2/c1-10(11-5-3-2-4-6-11)18-16(19)14-12-7-8-13(9-12)15(14)17(18)20/h7-8,10-15H,2-6,9H2,1H3/t10-,12-,13+,14-,15+/m0/s1. The zero-order chi connectivity index (χ0) is 13.9. The predicted octanol–water partition coefficient (Wildman–Crippen LogP) is 2.76. The number of amides is 2. The molecule has 2 saturated carbocycles. The van der Waals surface area contributed by atoms with Gasteiger partial charge in [-0.05, 0) is 43.9 Å². The number of likely N-dealkylation sites (tertiary alicyclic amines) is 1. The van der Waals surface area contributed by atoms with Gasteiger partial charge in [0.1, 0.15) is 0 Å². The number of carbonyl (C=O) groups is 2. The number of hydrogen-bond acceptors (Lipinski definition) is 2. The molecule has 3 heteroatoms. The third kappa shape index (κ3) is 1.58. The van der Waals surface area contributed by atoms with Gasteiger partial charge in [0, 0.05) is 6.04 Å². The molecule has 2 amide bonds. The number of carbonyl (C=O) groups excluding carboxylic acids is 2. The van der Waals surface area contributed by atoms with Crippen molar-refractivity contribution in [3.05, 3.63) is 12.2 Å². The Hall–Kier alpha value is -1.12. The summed E-state index contributed by atoms with van der Waals surface area (Å²) in [5, 5.41) is 0. The monoisotopic (exact) mass is 273 g/mol. The van der Waals surface area contributed by atoms with Crippen molar-refractivity contribution in [2.75, 3.05) is 0 Å². The maximum atomic E-state index is 12.7. The van der Waals surface area contributed by atoms with E-state index in [4.69, 9.17) is 0 Å². The van der Waals surface area contributed by atoms with Crippen molar-refractivity contribution in [2.24, 2.45) is 29.6 Å². The number of allylic oxidation sites excluding steroid dienone is 2. The maximum absolute atomic E-state index is 12.7. The molecule has 3 aliphatic carbocycles. The summed E-state index contributed by atoms with van der Waals surface area (Å²) < 4.78 is 0. The molecular formula is C17H23NO2. The van der Waals surface area contributed by atoms with Crippen molar-refractivity contribution < 1.29 is 9.59 Å². The Kier molecular flexibility index (Phi) is 2.80. The van der Waals surface area contributed by atoms with E-state index in [-0.39, 0.29) is 29.7 Å². The lowest BCUT2D eigenvalue weighted by Gasteiger charge is -2.33. The van der Waals surface area contributed by atoms with Gasteiger partial charge in [0.2, 0.25) is 11.8 Å². The van der Waals surface area contributed by atoms with Crippen molar-refractivity contribution in [3.8, 4) is 0 Å². The van der Waals surface area contributed by atoms with Crippen molar-refractivity contribution in [2.45, 2.75) is 51.5 Å². The van der Waals surface area contributed by atoms with Crippen molar-refractivity contribution >= 4 is 11.8 Å². The van der Waals surface area contributed by atoms with Crippen molar-refractivity contribution in [1.82, 2.24) is 4.90 Å². The highest BCUT2D eigenvalue weighted by atomic mass is 16.2. The van der Waals surface area contributed by atoms with Crippen LogP contribution < -0.4 is 0 Å². The molecule has 0 radical (unpaired) electrons. The highest BCUT2D eigenvalue weighted by Gasteiger charge is 2.60. The molecule has 4 aliphatic rings. The molecule has 0 N–H and O–H groups in total. The van der Waals surface area contributed by atoms with Gasteiger partial charge in [0.05, 0.1) is 11.8 Å². The lowest BCUT2D eigenvalue weighted by atomic mass is 9.84. The van der Waals surface area contributed by atoms with Crippen LogP contribution in [0.4, 0.5) is 0 Å². The molecule has 1 heterocycles. The van der Waals surface area contributed by atoms with Gasteiger partial charge in [-0.1, -0.05) is 31.4 Å². The Morgan fingerprint density at radius 3 is 2.10 bits per heavy atom. The largest absolute Gasteiger partial charge is 0.279 e. The van der Waals surface area contributed by atoms with E-state index in [1.54, 1.807) is 4.90 Å². The number of fused-ring (bicyclic) bond motifs is 5. The summed E-state index contributed by atoms with van der Waals surface area (Å²) in [4.78, 5) is 27.1. The molecule has 2 bridgehead atoms. The Morgan fingerprint density at radius 1 is 1.00 bits per heavy atom. The van der Waals surface area contributed by atoms with Gasteiger partial charge in [-0.25, -0.2) is 0 Å². The average Bonchev–Trinajstić information content (AvgIpc) is 3.14. The van der Waals surface area contributed by atoms with Crippen LogP contribution in [0.25, 0.3) is 0 Å². The van der Waals surface area contributed by atoms with E-state index in [2.05, 4.69) is 19.1 Å². The molecule has 108 valence electrons. The highest BCUT2D eigenvalue weighted by molar-refractivity contribution is 6.06.